The van der Waals surface area contributed by atoms with Crippen LogP contribution in [0.15, 0.2) is 135 Å². The minimum Gasteiger partial charge on any atom is -0.393 e. The molecule has 0 saturated heterocycles. The molecule has 6 N–H and O–H groups in total. The Kier molecular flexibility index (Phi) is 36.7. The van der Waals surface area contributed by atoms with Gasteiger partial charge < -0.3 is 39.4 Å². The molecule has 3 aromatic carbocycles. The molecular weight excluding hydrogens is 1390 g/mol. The maximum atomic E-state index is 11.8. The van der Waals surface area contributed by atoms with E-state index in [4.69, 9.17) is 59.2 Å². The largest absolute Gasteiger partial charge is 0.425 e. The number of hydrogen-bond acceptors (Lipinski definition) is 26. The summed E-state index contributed by atoms with van der Waals surface area (Å²) in [5.41, 5.74) is 6.43. The number of nitrogens with zero attached hydrogens (tertiary/aromatic N) is 6. The van der Waals surface area contributed by atoms with Gasteiger partial charge in [-0.1, -0.05) is 50.3 Å². The summed E-state index contributed by atoms with van der Waals surface area (Å²) in [5.74, 6) is 0. The number of hydrogen-bond donors (Lipinski definition) is 6. The van der Waals surface area contributed by atoms with Gasteiger partial charge in [-0.05, 0) is 161 Å². The molecule has 2 aliphatic heterocycles. The van der Waals surface area contributed by atoms with Gasteiger partial charge in [-0.25, -0.2) is 15.0 Å². The Morgan fingerprint density at radius 1 is 0.571 bits per heavy atom. The van der Waals surface area contributed by atoms with Crippen LogP contribution < -0.4 is 10.7 Å². The predicted molar refractivity (Wildman–Crippen MR) is 374 cm³/mol. The molecular formula is C66H88N6O20S6. The van der Waals surface area contributed by atoms with Crippen molar-refractivity contribution in [3.05, 3.63) is 142 Å². The van der Waals surface area contributed by atoms with E-state index in [1.807, 2.05) is 56.3 Å². The lowest BCUT2D eigenvalue weighted by atomic mass is 10.1. The highest BCUT2D eigenvalue weighted by molar-refractivity contribution is 7.90. The first-order chi connectivity index (χ1) is 46.8. The fourth-order valence-corrected chi connectivity index (χ4v) is 13.3. The lowest BCUT2D eigenvalue weighted by Gasteiger charge is -2.23. The zero-order valence-electron chi connectivity index (χ0n) is 55.2. The normalized spacial score (nSPS) is 14.2. The van der Waals surface area contributed by atoms with E-state index in [1.165, 1.54) is 23.8 Å². The van der Waals surface area contributed by atoms with Crippen LogP contribution in [-0.4, -0.2) is 209 Å². The topological polar surface area (TPSA) is 386 Å². The molecule has 0 amide bonds. The standard InChI is InChI=1S/C33H45N3O7S2.C33H43N3O7S2.2O3S/c1-3-26(37)9-7-10-27(38)23-43-19-17-36(16-18-42-2)15-14-24-20-31-33(44-32-13-5-4-12-29(32)35-31)22-30(24)34-25-8-6-11-28(21-25)45(39,40)41;1-3-26(37)7-6-8-27(38)23-43-20-18-36(17-19-42-2)16-15-24-11-14-31-30(21-24)35-28-13-12-25(22-32(28)44-31)34-29-9-4-5-10-33(29)45(39,40)41;2*1-4(2)3/h4-5,11-13,20-22,26-27,37-38H,3,6-10,14-19,23H2,1-2H3,(H,39,40,41);4-5,9-14,21-22,26-27,37-38H,3,6-8,15-20,23H2,1-2H3,(H,39,40,41);;. The molecule has 98 heavy (non-hydrogen) atoms. The Labute approximate surface area is 583 Å². The van der Waals surface area contributed by atoms with Gasteiger partial charge in [0.2, 0.25) is 0 Å². The van der Waals surface area contributed by atoms with Crippen molar-refractivity contribution in [3.8, 4) is 21.1 Å². The number of aromatic nitrogens is 2. The van der Waals surface area contributed by atoms with E-state index in [0.717, 1.165) is 104 Å². The fraction of sp³-hybridized carbons (Fsp3) is 0.485. The van der Waals surface area contributed by atoms with Crippen molar-refractivity contribution in [2.45, 2.75) is 120 Å². The summed E-state index contributed by atoms with van der Waals surface area (Å²) in [7, 11) is -11.6. The van der Waals surface area contributed by atoms with Gasteiger partial charge >= 0.3 is 21.2 Å². The van der Waals surface area contributed by atoms with Crippen LogP contribution in [0.5, 0.6) is 0 Å². The van der Waals surface area contributed by atoms with Crippen LogP contribution >= 0.6 is 22.7 Å². The Morgan fingerprint density at radius 2 is 1.10 bits per heavy atom. The molecule has 0 spiro atoms. The van der Waals surface area contributed by atoms with Crippen molar-refractivity contribution in [3.63, 3.8) is 0 Å². The Bertz CT molecular complexity index is 4210. The second-order valence-corrected chi connectivity index (χ2v) is 28.5. The summed E-state index contributed by atoms with van der Waals surface area (Å²) >= 11 is 3.22. The third-order valence-corrected chi connectivity index (χ3v) is 19.4. The average Bonchev–Trinajstić information content (AvgIpc) is 0.792. The van der Waals surface area contributed by atoms with Crippen LogP contribution in [0.2, 0.25) is 0 Å². The van der Waals surface area contributed by atoms with E-state index in [1.54, 1.807) is 61.2 Å². The third kappa shape index (κ3) is 30.8. The lowest BCUT2D eigenvalue weighted by Crippen LogP contribution is -2.34. The second-order valence-electron chi connectivity index (χ2n) is 22.7. The van der Waals surface area contributed by atoms with Crippen LogP contribution in [0.4, 0.5) is 5.69 Å². The number of methoxy groups -OCH3 is 2. The minimum absolute atomic E-state index is 0.125. The Morgan fingerprint density at radius 3 is 1.68 bits per heavy atom. The van der Waals surface area contributed by atoms with E-state index in [0.29, 0.717) is 109 Å². The SMILES string of the molecule is CCC(O)CCCC(O)COCCN(CCOC)CCc1cc2nc3ccccc3sc-2cc1=NC1=CC(S(=O)(=O)O)=CCC1.CCC(O)CCCC(O)COCCN(CCOC)CCc1ccc2sc3cc(=Nc4ccccc4S(=O)(=O)O)ccc-3nc2c1.O=S(=O)=O.O=S(=O)=O. The smallest absolute Gasteiger partial charge is 0.393 e. The molecule has 0 aromatic heterocycles. The highest BCUT2D eigenvalue weighted by atomic mass is 32.2. The van der Waals surface area contributed by atoms with E-state index in [-0.39, 0.29) is 34.3 Å². The molecule has 4 unspecified atom stereocenters. The van der Waals surface area contributed by atoms with Gasteiger partial charge in [-0.2, -0.15) is 16.8 Å². The van der Waals surface area contributed by atoms with E-state index in [9.17, 15) is 46.4 Å². The van der Waals surface area contributed by atoms with Gasteiger partial charge in [0.05, 0.1) is 127 Å². The van der Waals surface area contributed by atoms with Gasteiger partial charge in [-0.15, -0.1) is 47.9 Å². The second kappa shape index (κ2) is 43.5. The van der Waals surface area contributed by atoms with Gasteiger partial charge in [0.25, 0.3) is 20.2 Å². The van der Waals surface area contributed by atoms with E-state index in [2.05, 4.69) is 39.1 Å². The van der Waals surface area contributed by atoms with Gasteiger partial charge in [0, 0.05) is 59.2 Å². The number of aliphatic hydroxyl groups is 4. The molecule has 0 saturated carbocycles. The molecule has 26 nitrogen and oxygen atoms in total. The molecule has 538 valence electrons. The monoisotopic (exact) mass is 1480 g/mol. The van der Waals surface area contributed by atoms with Crippen LogP contribution in [0.25, 0.3) is 41.6 Å². The van der Waals surface area contributed by atoms with Crippen molar-refractivity contribution >= 4 is 90.2 Å². The fourth-order valence-electron chi connectivity index (χ4n) is 10.1. The maximum Gasteiger partial charge on any atom is 0.425 e. The molecule has 5 aliphatic rings. The molecule has 2 heterocycles. The number of benzene rings is 5. The summed E-state index contributed by atoms with van der Waals surface area (Å²) < 4.78 is 141. The molecule has 3 aliphatic carbocycles. The molecule has 3 aromatic rings. The lowest BCUT2D eigenvalue weighted by molar-refractivity contribution is 0.0185. The van der Waals surface area contributed by atoms with Gasteiger partial charge in [0.1, 0.15) is 4.90 Å². The third-order valence-electron chi connectivity index (χ3n) is 15.4. The molecule has 0 radical (unpaired) electrons. The van der Waals surface area contributed by atoms with Crippen LogP contribution in [0.1, 0.15) is 89.2 Å². The molecule has 4 atom stereocenters. The average molecular weight is 1480 g/mol. The summed E-state index contributed by atoms with van der Waals surface area (Å²) in [5, 5.41) is 41.1. The maximum absolute atomic E-state index is 11.8. The van der Waals surface area contributed by atoms with Crippen molar-refractivity contribution in [1.29, 1.82) is 0 Å². The zero-order chi connectivity index (χ0) is 71.6. The number of rotatable bonds is 36. The molecule has 32 heteroatoms. The number of aliphatic hydroxyl groups excluding tert-OH is 4. The van der Waals surface area contributed by atoms with Crippen molar-refractivity contribution in [2.75, 3.05) is 93.1 Å². The quantitative estimate of drug-likeness (QED) is 0.0128. The summed E-state index contributed by atoms with van der Waals surface area (Å²) in [6, 6.07) is 30.0. The zero-order valence-corrected chi connectivity index (χ0v) is 60.1. The summed E-state index contributed by atoms with van der Waals surface area (Å²) in [4.78, 5) is 25.2. The number of allylic oxidation sites excluding steroid dienone is 3. The van der Waals surface area contributed by atoms with E-state index < -0.39 is 53.7 Å². The first-order valence-corrected chi connectivity index (χ1v) is 38.3. The van der Waals surface area contributed by atoms with E-state index >= 15 is 0 Å². The molecule has 0 bridgehead atoms. The predicted octanol–water partition coefficient (Wildman–Crippen LogP) is 7.24. The first kappa shape index (κ1) is 82.5. The van der Waals surface area contributed by atoms with Crippen LogP contribution in [0, 0.1) is 0 Å². The number of fused-ring (bicyclic) bond motifs is 4. The minimum atomic E-state index is -4.39. The van der Waals surface area contributed by atoms with Crippen molar-refractivity contribution in [2.24, 2.45) is 9.98 Å². The number of para-hydroxylation sites is 2. The Balaban J connectivity index is 0.000000319. The summed E-state index contributed by atoms with van der Waals surface area (Å²) in [6.45, 7) is 11.0. The molecule has 0 fully saturated rings. The Hall–Kier alpha value is -6.12. The number of ether oxygens (including phenoxy) is 4. The highest BCUT2D eigenvalue weighted by Gasteiger charge is 2.20. The summed E-state index contributed by atoms with van der Waals surface area (Å²) in [6.07, 6.45) is 9.40. The first-order valence-electron chi connectivity index (χ1n) is 31.8. The molecule has 8 rings (SSSR count). The van der Waals surface area contributed by atoms with Crippen LogP contribution in [-0.2, 0) is 73.2 Å². The van der Waals surface area contributed by atoms with Crippen molar-refractivity contribution in [1.82, 2.24) is 19.8 Å². The van der Waals surface area contributed by atoms with Crippen LogP contribution in [0.3, 0.4) is 0 Å². The van der Waals surface area contributed by atoms with Gasteiger partial charge in [0.15, 0.2) is 0 Å². The van der Waals surface area contributed by atoms with Gasteiger partial charge in [-0.3, -0.25) is 23.9 Å². The highest BCUT2D eigenvalue weighted by Crippen LogP contribution is 2.33. The van der Waals surface area contributed by atoms with Crippen molar-refractivity contribution < 1.29 is 90.6 Å².